The number of hydrogen-bond acceptors (Lipinski definition) is 5. The van der Waals surface area contributed by atoms with E-state index < -0.39 is 11.8 Å². The van der Waals surface area contributed by atoms with Gasteiger partial charge in [-0.3, -0.25) is 25.9 Å². The molecule has 7 nitrogen and oxygen atoms in total. The van der Waals surface area contributed by atoms with Crippen molar-refractivity contribution in [1.29, 1.82) is 0 Å². The molecule has 0 saturated carbocycles. The smallest absolute Gasteiger partial charge is 0.305 e. The fourth-order valence-corrected chi connectivity index (χ4v) is 4.48. The van der Waals surface area contributed by atoms with Crippen LogP contribution in [0.2, 0.25) is 10.0 Å². The van der Waals surface area contributed by atoms with Crippen molar-refractivity contribution >= 4 is 46.4 Å². The number of benzene rings is 2. The van der Waals surface area contributed by atoms with Gasteiger partial charge < -0.3 is 4.42 Å². The first-order valence-corrected chi connectivity index (χ1v) is 11.5. The van der Waals surface area contributed by atoms with E-state index in [1.807, 2.05) is 37.3 Å². The maximum Gasteiger partial charge on any atom is 0.305 e. The van der Waals surface area contributed by atoms with Gasteiger partial charge in [-0.15, -0.1) is 0 Å². The van der Waals surface area contributed by atoms with Gasteiger partial charge in [-0.2, -0.15) is 5.10 Å². The SMILES string of the molecule is Cc1c(C(=O)NNC(=O)c2ccc(Cl)cc2Cl)oc2c1/C(=N\Nc1ccccc1)CC(C)(C)C2. The van der Waals surface area contributed by atoms with Gasteiger partial charge in [-0.1, -0.05) is 55.2 Å². The molecule has 1 aromatic heterocycles. The predicted molar refractivity (Wildman–Crippen MR) is 134 cm³/mol. The Labute approximate surface area is 207 Å². The van der Waals surface area contributed by atoms with Gasteiger partial charge in [0.25, 0.3) is 5.91 Å². The highest BCUT2D eigenvalue weighted by molar-refractivity contribution is 6.36. The van der Waals surface area contributed by atoms with Crippen LogP contribution >= 0.6 is 23.2 Å². The molecule has 3 N–H and O–H groups in total. The summed E-state index contributed by atoms with van der Waals surface area (Å²) in [6.07, 6.45) is 1.38. The third-order valence-corrected chi connectivity index (χ3v) is 6.11. The predicted octanol–water partition coefficient (Wildman–Crippen LogP) is 5.76. The number of nitrogens with zero attached hydrogens (tertiary/aromatic N) is 1. The molecule has 0 aliphatic heterocycles. The molecule has 176 valence electrons. The number of fused-ring (bicyclic) bond motifs is 1. The molecule has 1 heterocycles. The van der Waals surface area contributed by atoms with Crippen molar-refractivity contribution in [2.24, 2.45) is 10.5 Å². The standard InChI is InChI=1S/C25H24Cl2N4O3/c1-14-21-19(29-28-16-7-5-4-6-8-16)12-25(2,3)13-20(21)34-22(14)24(33)31-30-23(32)17-10-9-15(26)11-18(17)27/h4-11,28H,12-13H2,1-3H3,(H,30,32)(H,31,33)/b29-19-. The van der Waals surface area contributed by atoms with Crippen LogP contribution in [0, 0.1) is 12.3 Å². The van der Waals surface area contributed by atoms with Crippen LogP contribution in [0.3, 0.4) is 0 Å². The average molecular weight is 499 g/mol. The third kappa shape index (κ3) is 5.11. The number of halogens is 2. The third-order valence-electron chi connectivity index (χ3n) is 5.56. The van der Waals surface area contributed by atoms with Crippen LogP contribution in [-0.4, -0.2) is 17.5 Å². The lowest BCUT2D eigenvalue weighted by atomic mass is 9.75. The second-order valence-electron chi connectivity index (χ2n) is 8.94. The van der Waals surface area contributed by atoms with E-state index in [9.17, 15) is 9.59 Å². The summed E-state index contributed by atoms with van der Waals surface area (Å²) >= 11 is 11.9. The molecule has 0 spiro atoms. The summed E-state index contributed by atoms with van der Waals surface area (Å²) in [5, 5.41) is 5.22. The second-order valence-corrected chi connectivity index (χ2v) is 9.78. The Morgan fingerprint density at radius 2 is 1.71 bits per heavy atom. The summed E-state index contributed by atoms with van der Waals surface area (Å²) < 4.78 is 5.98. The molecule has 0 bridgehead atoms. The molecule has 0 atom stereocenters. The van der Waals surface area contributed by atoms with E-state index in [0.29, 0.717) is 29.2 Å². The largest absolute Gasteiger partial charge is 0.455 e. The molecule has 34 heavy (non-hydrogen) atoms. The first-order valence-electron chi connectivity index (χ1n) is 10.7. The van der Waals surface area contributed by atoms with Gasteiger partial charge in [-0.05, 0) is 49.1 Å². The molecule has 2 aromatic carbocycles. The molecule has 2 amide bonds. The zero-order valence-corrected chi connectivity index (χ0v) is 20.5. The highest BCUT2D eigenvalue weighted by Crippen LogP contribution is 2.39. The minimum Gasteiger partial charge on any atom is -0.455 e. The average Bonchev–Trinajstić information content (AvgIpc) is 3.11. The molecular formula is C25H24Cl2N4O3. The number of para-hydroxylation sites is 1. The number of nitrogens with one attached hydrogen (secondary N) is 3. The van der Waals surface area contributed by atoms with Gasteiger partial charge in [0.1, 0.15) is 5.76 Å². The zero-order chi connectivity index (χ0) is 24.5. The number of amides is 2. The number of hydrazine groups is 1. The minimum atomic E-state index is -0.571. The highest BCUT2D eigenvalue weighted by Gasteiger charge is 2.36. The second kappa shape index (κ2) is 9.52. The first kappa shape index (κ1) is 23.9. The van der Waals surface area contributed by atoms with Crippen LogP contribution in [-0.2, 0) is 6.42 Å². The topological polar surface area (TPSA) is 95.7 Å². The van der Waals surface area contributed by atoms with Crippen LogP contribution in [0.1, 0.15) is 58.1 Å². The van der Waals surface area contributed by atoms with Crippen LogP contribution in [0.25, 0.3) is 0 Å². The van der Waals surface area contributed by atoms with Gasteiger partial charge in [-0.25, -0.2) is 0 Å². The van der Waals surface area contributed by atoms with Crippen molar-refractivity contribution in [2.75, 3.05) is 5.43 Å². The maximum absolute atomic E-state index is 12.9. The van der Waals surface area contributed by atoms with E-state index in [2.05, 4.69) is 35.2 Å². The lowest BCUT2D eigenvalue weighted by Crippen LogP contribution is -2.41. The molecule has 4 rings (SSSR count). The fourth-order valence-electron chi connectivity index (χ4n) is 3.98. The van der Waals surface area contributed by atoms with Crippen LogP contribution < -0.4 is 16.3 Å². The van der Waals surface area contributed by atoms with E-state index in [0.717, 1.165) is 17.0 Å². The van der Waals surface area contributed by atoms with Crippen molar-refractivity contribution in [3.8, 4) is 0 Å². The summed E-state index contributed by atoms with van der Waals surface area (Å²) in [6, 6.07) is 14.1. The molecule has 0 unspecified atom stereocenters. The van der Waals surface area contributed by atoms with Crippen molar-refractivity contribution in [1.82, 2.24) is 10.9 Å². The summed E-state index contributed by atoms with van der Waals surface area (Å²) in [5.41, 5.74) is 11.1. The zero-order valence-electron chi connectivity index (χ0n) is 19.0. The minimum absolute atomic E-state index is 0.0954. The first-order chi connectivity index (χ1) is 16.1. The number of anilines is 1. The number of carbonyl (C=O) groups is 2. The van der Waals surface area contributed by atoms with Crippen molar-refractivity contribution in [3.63, 3.8) is 0 Å². The van der Waals surface area contributed by atoms with E-state index >= 15 is 0 Å². The quantitative estimate of drug-likeness (QED) is 0.398. The Kier molecular flexibility index (Phi) is 6.68. The lowest BCUT2D eigenvalue weighted by molar-refractivity contribution is 0.0828. The normalized spacial score (nSPS) is 15.5. The lowest BCUT2D eigenvalue weighted by Gasteiger charge is -2.29. The van der Waals surface area contributed by atoms with E-state index in [4.69, 9.17) is 27.6 Å². The monoisotopic (exact) mass is 498 g/mol. The highest BCUT2D eigenvalue weighted by atomic mass is 35.5. The van der Waals surface area contributed by atoms with E-state index in [1.165, 1.54) is 12.1 Å². The van der Waals surface area contributed by atoms with Crippen LogP contribution in [0.5, 0.6) is 0 Å². The van der Waals surface area contributed by atoms with Gasteiger partial charge in [0.15, 0.2) is 5.76 Å². The molecular weight excluding hydrogens is 475 g/mol. The number of rotatable bonds is 4. The summed E-state index contributed by atoms with van der Waals surface area (Å²) in [7, 11) is 0. The molecule has 3 aromatic rings. The number of carbonyl (C=O) groups excluding carboxylic acids is 2. The molecule has 0 radical (unpaired) electrons. The van der Waals surface area contributed by atoms with E-state index in [-0.39, 0.29) is 21.8 Å². The maximum atomic E-state index is 12.9. The molecule has 1 aliphatic carbocycles. The van der Waals surface area contributed by atoms with Gasteiger partial charge >= 0.3 is 5.91 Å². The Hall–Kier alpha value is -3.29. The van der Waals surface area contributed by atoms with Crippen molar-refractivity contribution < 1.29 is 14.0 Å². The Morgan fingerprint density at radius 3 is 2.41 bits per heavy atom. The summed E-state index contributed by atoms with van der Waals surface area (Å²) in [5.74, 6) is -0.324. The Balaban J connectivity index is 1.55. The molecule has 0 saturated heterocycles. The van der Waals surface area contributed by atoms with Gasteiger partial charge in [0.05, 0.1) is 22.0 Å². The fraction of sp³-hybridized carbons (Fsp3) is 0.240. The summed E-state index contributed by atoms with van der Waals surface area (Å²) in [4.78, 5) is 25.3. The Bertz CT molecular complexity index is 1280. The molecule has 0 fully saturated rings. The van der Waals surface area contributed by atoms with Crippen LogP contribution in [0.4, 0.5) is 5.69 Å². The number of furan rings is 1. The number of hydrogen-bond donors (Lipinski definition) is 3. The molecule has 9 heteroatoms. The molecule has 1 aliphatic rings. The summed E-state index contributed by atoms with van der Waals surface area (Å²) in [6.45, 7) is 6.06. The number of hydrazone groups is 1. The van der Waals surface area contributed by atoms with Crippen molar-refractivity contribution in [2.45, 2.75) is 33.6 Å². The van der Waals surface area contributed by atoms with Crippen LogP contribution in [0.15, 0.2) is 58.0 Å². The Morgan fingerprint density at radius 1 is 1.00 bits per heavy atom. The van der Waals surface area contributed by atoms with Gasteiger partial charge in [0.2, 0.25) is 0 Å². The van der Waals surface area contributed by atoms with E-state index in [1.54, 1.807) is 6.07 Å². The van der Waals surface area contributed by atoms with Gasteiger partial charge in [0, 0.05) is 22.6 Å². The van der Waals surface area contributed by atoms with Crippen molar-refractivity contribution in [3.05, 3.63) is 86.8 Å².